The summed E-state index contributed by atoms with van der Waals surface area (Å²) >= 11 is 0. The van der Waals surface area contributed by atoms with Crippen molar-refractivity contribution >= 4 is 30.2 Å². The lowest BCUT2D eigenvalue weighted by Crippen LogP contribution is -2.24. The van der Waals surface area contributed by atoms with Crippen LogP contribution < -0.4 is 11.1 Å². The highest BCUT2D eigenvalue weighted by Crippen LogP contribution is 2.28. The summed E-state index contributed by atoms with van der Waals surface area (Å²) in [6, 6.07) is 11.2. The van der Waals surface area contributed by atoms with Gasteiger partial charge in [0.15, 0.2) is 0 Å². The van der Waals surface area contributed by atoms with Crippen LogP contribution in [0.5, 0.6) is 0 Å². The van der Waals surface area contributed by atoms with E-state index in [-0.39, 0.29) is 5.91 Å². The molecule has 2 heterocycles. The van der Waals surface area contributed by atoms with Crippen LogP contribution >= 0.6 is 0 Å². The third-order valence-electron chi connectivity index (χ3n) is 5.39. The van der Waals surface area contributed by atoms with Crippen LogP contribution in [0.1, 0.15) is 63.4 Å². The summed E-state index contributed by atoms with van der Waals surface area (Å²) in [6.45, 7) is 11.8. The molecule has 0 unspecified atom stereocenters. The number of carbonyl (C=O) groups excluding carboxylic acids is 1. The van der Waals surface area contributed by atoms with Crippen LogP contribution in [0.2, 0.25) is 0 Å². The summed E-state index contributed by atoms with van der Waals surface area (Å²) in [5.41, 5.74) is 13.6. The number of carbonyl (C=O) groups is 1. The first-order chi connectivity index (χ1) is 16.2. The first kappa shape index (κ1) is 24.3. The second-order valence-electron chi connectivity index (χ2n) is 8.40. The quantitative estimate of drug-likeness (QED) is 0.498. The molecule has 3 rings (SSSR count). The van der Waals surface area contributed by atoms with Crippen molar-refractivity contribution in [1.82, 2.24) is 15.3 Å². The Morgan fingerprint density at radius 1 is 1.26 bits per heavy atom. The minimum atomic E-state index is -0.201. The summed E-state index contributed by atoms with van der Waals surface area (Å²) < 4.78 is 0. The zero-order valence-corrected chi connectivity index (χ0v) is 19.9. The van der Waals surface area contributed by atoms with E-state index in [4.69, 9.17) is 5.73 Å². The molecule has 2 aromatic heterocycles. The number of amides is 1. The molecule has 7 heteroatoms. The number of nitrogens with zero attached hydrogens (tertiary/aromatic N) is 4. The number of hydrogen-bond acceptors (Lipinski definition) is 6. The second kappa shape index (κ2) is 10.5. The summed E-state index contributed by atoms with van der Waals surface area (Å²) in [7, 11) is 0. The number of rotatable bonds is 7. The second-order valence-corrected chi connectivity index (χ2v) is 8.40. The Morgan fingerprint density at radius 2 is 2.03 bits per heavy atom. The molecule has 0 aliphatic heterocycles. The minimum Gasteiger partial charge on any atom is -0.384 e. The molecule has 1 aromatic carbocycles. The standard InChI is InChI=1S/C27H28N6O/c1-16(2)8-21-10-19(11-22(14-28)26(21)30-5)12-23-13-20(6-7-31-23)27(34)32-15-24-17(3)9-25(29)33-18(24)4/h6-11,13H,5,12,15H2,1-4H3,(H2,29,33)(H,32,34). The number of benzene rings is 1. The highest BCUT2D eigenvalue weighted by molar-refractivity contribution is 5.94. The third kappa shape index (κ3) is 5.73. The van der Waals surface area contributed by atoms with Gasteiger partial charge in [-0.05, 0) is 81.4 Å². The molecule has 0 spiro atoms. The number of aromatic nitrogens is 2. The molecule has 0 aliphatic carbocycles. The van der Waals surface area contributed by atoms with E-state index in [0.717, 1.165) is 39.2 Å². The fourth-order valence-electron chi connectivity index (χ4n) is 3.85. The number of nitrogen functional groups attached to an aromatic ring is 1. The Kier molecular flexibility index (Phi) is 7.54. The van der Waals surface area contributed by atoms with Crippen LogP contribution in [0, 0.1) is 25.2 Å². The van der Waals surface area contributed by atoms with Crippen LogP contribution in [-0.2, 0) is 13.0 Å². The van der Waals surface area contributed by atoms with Gasteiger partial charge in [0.2, 0.25) is 0 Å². The summed E-state index contributed by atoms with van der Waals surface area (Å²) in [5.74, 6) is 0.265. The summed E-state index contributed by atoms with van der Waals surface area (Å²) in [4.78, 5) is 25.6. The van der Waals surface area contributed by atoms with Gasteiger partial charge in [0, 0.05) is 41.7 Å². The molecule has 0 bridgehead atoms. The van der Waals surface area contributed by atoms with E-state index in [1.165, 1.54) is 0 Å². The lowest BCUT2D eigenvalue weighted by atomic mass is 9.98. The minimum absolute atomic E-state index is 0.201. The van der Waals surface area contributed by atoms with Crippen molar-refractivity contribution in [3.05, 3.63) is 86.9 Å². The molecular formula is C27H28N6O. The molecule has 172 valence electrons. The third-order valence-corrected chi connectivity index (χ3v) is 5.39. The Hall–Kier alpha value is -4.31. The number of nitrogens with two attached hydrogens (primary N) is 1. The van der Waals surface area contributed by atoms with Gasteiger partial charge in [0.05, 0.1) is 11.3 Å². The maximum Gasteiger partial charge on any atom is 0.251 e. The van der Waals surface area contributed by atoms with Gasteiger partial charge < -0.3 is 11.1 Å². The number of nitrogens with one attached hydrogen (secondary N) is 1. The van der Waals surface area contributed by atoms with Crippen LogP contribution in [-0.4, -0.2) is 22.6 Å². The molecule has 0 saturated carbocycles. The number of pyridine rings is 2. The fourth-order valence-corrected chi connectivity index (χ4v) is 3.85. The fraction of sp³-hybridized carbons (Fsp3) is 0.222. The first-order valence-corrected chi connectivity index (χ1v) is 10.9. The van der Waals surface area contributed by atoms with Crippen LogP contribution in [0.4, 0.5) is 11.5 Å². The van der Waals surface area contributed by atoms with Gasteiger partial charge in [0.25, 0.3) is 5.91 Å². The normalized spacial score (nSPS) is 10.3. The zero-order valence-electron chi connectivity index (χ0n) is 19.9. The highest BCUT2D eigenvalue weighted by atomic mass is 16.1. The number of aryl methyl sites for hydroxylation is 2. The maximum absolute atomic E-state index is 12.8. The van der Waals surface area contributed by atoms with Crippen molar-refractivity contribution in [1.29, 1.82) is 5.26 Å². The van der Waals surface area contributed by atoms with E-state index in [1.54, 1.807) is 30.5 Å². The van der Waals surface area contributed by atoms with Crippen LogP contribution in [0.15, 0.2) is 47.1 Å². The lowest BCUT2D eigenvalue weighted by Gasteiger charge is -2.12. The number of hydrogen-bond donors (Lipinski definition) is 2. The number of allylic oxidation sites excluding steroid dienone is 1. The molecule has 3 N–H and O–H groups in total. The van der Waals surface area contributed by atoms with Gasteiger partial charge >= 0.3 is 0 Å². The van der Waals surface area contributed by atoms with Crippen molar-refractivity contribution in [3.8, 4) is 6.07 Å². The molecule has 7 nitrogen and oxygen atoms in total. The Morgan fingerprint density at radius 3 is 2.68 bits per heavy atom. The molecule has 1 amide bonds. The molecule has 3 aromatic rings. The Balaban J connectivity index is 1.82. The molecule has 0 saturated heterocycles. The predicted molar refractivity (Wildman–Crippen MR) is 136 cm³/mol. The SMILES string of the molecule is C=Nc1c(C#N)cc(Cc2cc(C(=O)NCc3c(C)cc(N)nc3C)ccn2)cc1C=C(C)C. The van der Waals surface area contributed by atoms with E-state index in [0.29, 0.717) is 35.6 Å². The van der Waals surface area contributed by atoms with Gasteiger partial charge in [-0.2, -0.15) is 5.26 Å². The summed E-state index contributed by atoms with van der Waals surface area (Å²) in [6.07, 6.45) is 4.06. The van der Waals surface area contributed by atoms with Crippen molar-refractivity contribution in [2.24, 2.45) is 4.99 Å². The summed E-state index contributed by atoms with van der Waals surface area (Å²) in [5, 5.41) is 12.5. The van der Waals surface area contributed by atoms with E-state index in [1.807, 2.05) is 39.8 Å². The molecule has 34 heavy (non-hydrogen) atoms. The van der Waals surface area contributed by atoms with Crippen LogP contribution in [0.25, 0.3) is 6.08 Å². The van der Waals surface area contributed by atoms with Gasteiger partial charge in [-0.15, -0.1) is 0 Å². The van der Waals surface area contributed by atoms with E-state index in [9.17, 15) is 10.1 Å². The van der Waals surface area contributed by atoms with Crippen LogP contribution in [0.3, 0.4) is 0 Å². The largest absolute Gasteiger partial charge is 0.384 e. The van der Waals surface area contributed by atoms with Gasteiger partial charge in [0.1, 0.15) is 11.9 Å². The van der Waals surface area contributed by atoms with E-state index >= 15 is 0 Å². The molecule has 0 aliphatic rings. The Labute approximate surface area is 200 Å². The van der Waals surface area contributed by atoms with E-state index < -0.39 is 0 Å². The average molecular weight is 453 g/mol. The van der Waals surface area contributed by atoms with Gasteiger partial charge in [-0.3, -0.25) is 14.8 Å². The number of nitriles is 1. The molecule has 0 fully saturated rings. The smallest absolute Gasteiger partial charge is 0.251 e. The maximum atomic E-state index is 12.8. The van der Waals surface area contributed by atoms with Gasteiger partial charge in [-0.1, -0.05) is 11.6 Å². The first-order valence-electron chi connectivity index (χ1n) is 10.9. The average Bonchev–Trinajstić information content (AvgIpc) is 2.77. The molecule has 0 atom stereocenters. The molecule has 0 radical (unpaired) electrons. The van der Waals surface area contributed by atoms with Crippen molar-refractivity contribution in [2.45, 2.75) is 40.7 Å². The highest BCUT2D eigenvalue weighted by Gasteiger charge is 2.13. The van der Waals surface area contributed by atoms with E-state index in [2.05, 4.69) is 33.1 Å². The van der Waals surface area contributed by atoms with Gasteiger partial charge in [-0.25, -0.2) is 4.98 Å². The lowest BCUT2D eigenvalue weighted by molar-refractivity contribution is 0.0950. The number of anilines is 1. The molecular weight excluding hydrogens is 424 g/mol. The predicted octanol–water partition coefficient (Wildman–Crippen LogP) is 4.82. The van der Waals surface area contributed by atoms with Crippen molar-refractivity contribution in [3.63, 3.8) is 0 Å². The zero-order chi connectivity index (χ0) is 24.8. The monoisotopic (exact) mass is 452 g/mol. The van der Waals surface area contributed by atoms with Crippen molar-refractivity contribution in [2.75, 3.05) is 5.73 Å². The van der Waals surface area contributed by atoms with Crippen molar-refractivity contribution < 1.29 is 4.79 Å². The topological polar surface area (TPSA) is 117 Å². The Bertz CT molecular complexity index is 1310. The number of aliphatic imine (C=N–C) groups is 1.